The molecular formula is C19H30N2. The molecule has 2 saturated heterocycles. The third-order valence-corrected chi connectivity index (χ3v) is 6.01. The van der Waals surface area contributed by atoms with Crippen LogP contribution in [0.2, 0.25) is 0 Å². The second-order valence-corrected chi connectivity index (χ2v) is 7.11. The van der Waals surface area contributed by atoms with Crippen LogP contribution >= 0.6 is 0 Å². The highest BCUT2D eigenvalue weighted by Crippen LogP contribution is 2.43. The first-order valence-corrected chi connectivity index (χ1v) is 8.63. The smallest absolute Gasteiger partial charge is 0.0352 e. The van der Waals surface area contributed by atoms with Crippen molar-refractivity contribution in [1.82, 2.24) is 10.2 Å². The SMILES string of the molecule is CCNC(c1cccc(C)c1C)C1CC2CCC(C1)N2C. The Morgan fingerprint density at radius 2 is 1.86 bits per heavy atom. The van der Waals surface area contributed by atoms with Crippen molar-refractivity contribution >= 4 is 0 Å². The second kappa shape index (κ2) is 6.10. The van der Waals surface area contributed by atoms with E-state index in [0.29, 0.717) is 6.04 Å². The monoisotopic (exact) mass is 286 g/mol. The van der Waals surface area contributed by atoms with Gasteiger partial charge in [-0.2, -0.15) is 0 Å². The van der Waals surface area contributed by atoms with Crippen LogP contribution in [0.5, 0.6) is 0 Å². The molecule has 2 nitrogen and oxygen atoms in total. The van der Waals surface area contributed by atoms with Gasteiger partial charge in [-0.15, -0.1) is 0 Å². The summed E-state index contributed by atoms with van der Waals surface area (Å²) in [5, 5.41) is 3.80. The van der Waals surface area contributed by atoms with Gasteiger partial charge in [0, 0.05) is 18.1 Å². The minimum Gasteiger partial charge on any atom is -0.310 e. The molecule has 3 atom stereocenters. The molecule has 0 radical (unpaired) electrons. The zero-order valence-corrected chi connectivity index (χ0v) is 14.0. The Morgan fingerprint density at radius 3 is 2.48 bits per heavy atom. The molecule has 0 spiro atoms. The Morgan fingerprint density at radius 1 is 1.19 bits per heavy atom. The summed E-state index contributed by atoms with van der Waals surface area (Å²) in [5.74, 6) is 0.791. The zero-order chi connectivity index (χ0) is 15.0. The average Bonchev–Trinajstić information content (AvgIpc) is 2.70. The lowest BCUT2D eigenvalue weighted by molar-refractivity contribution is 0.112. The van der Waals surface area contributed by atoms with Crippen LogP contribution in [-0.2, 0) is 0 Å². The zero-order valence-electron chi connectivity index (χ0n) is 14.0. The molecular weight excluding hydrogens is 256 g/mol. The highest BCUT2D eigenvalue weighted by Gasteiger charge is 2.41. The Kier molecular flexibility index (Phi) is 4.37. The van der Waals surface area contributed by atoms with Crippen molar-refractivity contribution in [3.63, 3.8) is 0 Å². The maximum atomic E-state index is 3.80. The number of rotatable bonds is 4. The van der Waals surface area contributed by atoms with Crippen molar-refractivity contribution in [3.8, 4) is 0 Å². The molecule has 2 fully saturated rings. The van der Waals surface area contributed by atoms with Gasteiger partial charge < -0.3 is 10.2 Å². The molecule has 116 valence electrons. The molecule has 0 aromatic heterocycles. The van der Waals surface area contributed by atoms with E-state index in [9.17, 15) is 0 Å². The number of piperidine rings is 1. The Bertz CT molecular complexity index is 482. The summed E-state index contributed by atoms with van der Waals surface area (Å²) < 4.78 is 0. The summed E-state index contributed by atoms with van der Waals surface area (Å²) in [6, 6.07) is 8.98. The molecule has 2 heterocycles. The summed E-state index contributed by atoms with van der Waals surface area (Å²) in [6.07, 6.45) is 5.53. The number of aryl methyl sites for hydroxylation is 1. The molecule has 0 saturated carbocycles. The van der Waals surface area contributed by atoms with Gasteiger partial charge in [-0.3, -0.25) is 0 Å². The van der Waals surface area contributed by atoms with E-state index in [1.165, 1.54) is 42.4 Å². The Hall–Kier alpha value is -0.860. The van der Waals surface area contributed by atoms with Gasteiger partial charge in [0.15, 0.2) is 0 Å². The van der Waals surface area contributed by atoms with E-state index in [1.54, 1.807) is 0 Å². The van der Waals surface area contributed by atoms with Crippen LogP contribution in [0, 0.1) is 19.8 Å². The number of fused-ring (bicyclic) bond motifs is 2. The minimum absolute atomic E-state index is 0.534. The fraction of sp³-hybridized carbons (Fsp3) is 0.684. The number of nitrogens with zero attached hydrogens (tertiary/aromatic N) is 1. The summed E-state index contributed by atoms with van der Waals surface area (Å²) >= 11 is 0. The van der Waals surface area contributed by atoms with Gasteiger partial charge in [0.25, 0.3) is 0 Å². The molecule has 3 rings (SSSR count). The van der Waals surface area contributed by atoms with E-state index >= 15 is 0 Å². The molecule has 1 aromatic carbocycles. The first-order chi connectivity index (χ1) is 10.1. The molecule has 0 amide bonds. The van der Waals surface area contributed by atoms with Crippen molar-refractivity contribution in [3.05, 3.63) is 34.9 Å². The van der Waals surface area contributed by atoms with Crippen LogP contribution in [0.4, 0.5) is 0 Å². The summed E-state index contributed by atoms with van der Waals surface area (Å²) in [5.41, 5.74) is 4.44. The fourth-order valence-electron chi connectivity index (χ4n) is 4.59. The summed E-state index contributed by atoms with van der Waals surface area (Å²) in [6.45, 7) is 7.82. The fourth-order valence-corrected chi connectivity index (χ4v) is 4.59. The largest absolute Gasteiger partial charge is 0.310 e. The van der Waals surface area contributed by atoms with Crippen molar-refractivity contribution in [2.24, 2.45) is 5.92 Å². The van der Waals surface area contributed by atoms with Crippen LogP contribution < -0.4 is 5.32 Å². The lowest BCUT2D eigenvalue weighted by atomic mass is 9.80. The van der Waals surface area contributed by atoms with E-state index in [2.05, 4.69) is 56.2 Å². The van der Waals surface area contributed by atoms with Crippen molar-refractivity contribution < 1.29 is 0 Å². The maximum absolute atomic E-state index is 3.80. The van der Waals surface area contributed by atoms with Crippen LogP contribution in [0.3, 0.4) is 0 Å². The molecule has 21 heavy (non-hydrogen) atoms. The normalized spacial score (nSPS) is 30.6. The molecule has 0 aliphatic carbocycles. The number of hydrogen-bond acceptors (Lipinski definition) is 2. The standard InChI is InChI=1S/C19H30N2/c1-5-20-19(18-8-6-7-13(2)14(18)3)15-11-16-9-10-17(12-15)21(16)4/h6-8,15-17,19-20H,5,9-12H2,1-4H3. The predicted molar refractivity (Wildman–Crippen MR) is 89.6 cm³/mol. The van der Waals surface area contributed by atoms with Gasteiger partial charge in [-0.05, 0) is 75.7 Å². The highest BCUT2D eigenvalue weighted by atomic mass is 15.2. The van der Waals surface area contributed by atoms with Crippen LogP contribution in [0.25, 0.3) is 0 Å². The van der Waals surface area contributed by atoms with Gasteiger partial charge in [0.2, 0.25) is 0 Å². The van der Waals surface area contributed by atoms with Gasteiger partial charge in [0.1, 0.15) is 0 Å². The van der Waals surface area contributed by atoms with Crippen LogP contribution in [-0.4, -0.2) is 30.6 Å². The molecule has 2 bridgehead atoms. The number of nitrogens with one attached hydrogen (secondary N) is 1. The van der Waals surface area contributed by atoms with Crippen LogP contribution in [0.15, 0.2) is 18.2 Å². The van der Waals surface area contributed by atoms with E-state index in [0.717, 1.165) is 24.5 Å². The van der Waals surface area contributed by atoms with E-state index in [-0.39, 0.29) is 0 Å². The summed E-state index contributed by atoms with van der Waals surface area (Å²) in [4.78, 5) is 2.64. The third kappa shape index (κ3) is 2.76. The second-order valence-electron chi connectivity index (χ2n) is 7.11. The van der Waals surface area contributed by atoms with Gasteiger partial charge in [-0.1, -0.05) is 25.1 Å². The molecule has 3 unspecified atom stereocenters. The third-order valence-electron chi connectivity index (χ3n) is 6.01. The van der Waals surface area contributed by atoms with E-state index in [1.807, 2.05) is 0 Å². The summed E-state index contributed by atoms with van der Waals surface area (Å²) in [7, 11) is 2.33. The first-order valence-electron chi connectivity index (χ1n) is 8.63. The van der Waals surface area contributed by atoms with E-state index in [4.69, 9.17) is 0 Å². The van der Waals surface area contributed by atoms with Gasteiger partial charge in [-0.25, -0.2) is 0 Å². The topological polar surface area (TPSA) is 15.3 Å². The Balaban J connectivity index is 1.87. The van der Waals surface area contributed by atoms with Gasteiger partial charge in [0.05, 0.1) is 0 Å². The average molecular weight is 286 g/mol. The van der Waals surface area contributed by atoms with Crippen molar-refractivity contribution in [2.45, 2.75) is 64.6 Å². The first kappa shape index (κ1) is 15.1. The lowest BCUT2D eigenvalue weighted by Gasteiger charge is -2.40. The number of hydrogen-bond donors (Lipinski definition) is 1. The van der Waals surface area contributed by atoms with Crippen LogP contribution in [0.1, 0.15) is 55.3 Å². The maximum Gasteiger partial charge on any atom is 0.0352 e. The highest BCUT2D eigenvalue weighted by molar-refractivity contribution is 5.36. The molecule has 2 heteroatoms. The minimum atomic E-state index is 0.534. The molecule has 1 aromatic rings. The molecule has 2 aliphatic rings. The predicted octanol–water partition coefficient (Wildman–Crippen LogP) is 3.83. The quantitative estimate of drug-likeness (QED) is 0.905. The van der Waals surface area contributed by atoms with Gasteiger partial charge >= 0.3 is 0 Å². The van der Waals surface area contributed by atoms with Crippen molar-refractivity contribution in [2.75, 3.05) is 13.6 Å². The molecule has 1 N–H and O–H groups in total. The van der Waals surface area contributed by atoms with E-state index < -0.39 is 0 Å². The number of benzene rings is 1. The molecule has 2 aliphatic heterocycles. The Labute approximate surface area is 129 Å². The lowest BCUT2D eigenvalue weighted by Crippen LogP contribution is -2.44. The van der Waals surface area contributed by atoms with Crippen molar-refractivity contribution in [1.29, 1.82) is 0 Å².